The molecule has 8 aromatic rings. The van der Waals surface area contributed by atoms with Gasteiger partial charge in [0.25, 0.3) is 0 Å². The molecule has 10 rings (SSSR count). The Hall–Kier alpha value is -7.44. The summed E-state index contributed by atoms with van der Waals surface area (Å²) in [6.07, 6.45) is 2.99. The molecule has 0 saturated heterocycles. The standard InChI is InChI=1S/C57H50O6/c1-58-53-35-48-26-22-41-24-28-49(29-25-41)63-56-33-46(32-55(61-39-44-18-10-4-11-19-44)57(56)62-40-45-20-12-5-13-21-45)23-27-47-34-50(59-37-42-14-6-2-7-15-42)30-31-51(47)52(48)36-54(53)60-38-43-16-8-3-9-17-43/h2-21,24-25,28-36H,22-23,26-27,37-40H2,1H3. The molecule has 4 bridgehead atoms. The molecule has 2 aliphatic rings. The van der Waals surface area contributed by atoms with Gasteiger partial charge in [-0.1, -0.05) is 140 Å². The molecule has 0 spiro atoms. The second kappa shape index (κ2) is 20.0. The molecular weight excluding hydrogens is 781 g/mol. The van der Waals surface area contributed by atoms with E-state index in [1.165, 1.54) is 11.1 Å². The highest BCUT2D eigenvalue weighted by Gasteiger charge is 2.21. The molecule has 2 aliphatic heterocycles. The van der Waals surface area contributed by atoms with Crippen molar-refractivity contribution in [3.05, 3.63) is 233 Å². The van der Waals surface area contributed by atoms with E-state index in [1.54, 1.807) is 7.11 Å². The van der Waals surface area contributed by atoms with E-state index in [1.807, 2.05) is 84.9 Å². The van der Waals surface area contributed by atoms with Gasteiger partial charge in [0.05, 0.1) is 7.11 Å². The van der Waals surface area contributed by atoms with Crippen molar-refractivity contribution in [2.24, 2.45) is 0 Å². The summed E-state index contributed by atoms with van der Waals surface area (Å²) in [6.45, 7) is 1.62. The maximum absolute atomic E-state index is 6.75. The van der Waals surface area contributed by atoms with E-state index in [9.17, 15) is 0 Å². The molecule has 0 aliphatic carbocycles. The fraction of sp³-hybridized carbons (Fsp3) is 0.158. The lowest BCUT2D eigenvalue weighted by Gasteiger charge is -2.21. The Bertz CT molecular complexity index is 2720. The maximum Gasteiger partial charge on any atom is 0.204 e. The maximum atomic E-state index is 6.75. The van der Waals surface area contributed by atoms with E-state index < -0.39 is 0 Å². The molecule has 8 aromatic carbocycles. The van der Waals surface area contributed by atoms with Gasteiger partial charge in [-0.3, -0.25) is 0 Å². The van der Waals surface area contributed by atoms with Gasteiger partial charge < -0.3 is 28.4 Å². The lowest BCUT2D eigenvalue weighted by atomic mass is 9.89. The van der Waals surface area contributed by atoms with Crippen LogP contribution in [-0.2, 0) is 52.1 Å². The molecule has 314 valence electrons. The van der Waals surface area contributed by atoms with Gasteiger partial charge in [-0.2, -0.15) is 0 Å². The fourth-order valence-corrected chi connectivity index (χ4v) is 7.91. The van der Waals surface area contributed by atoms with Crippen LogP contribution in [0.15, 0.2) is 188 Å². The first kappa shape index (κ1) is 40.9. The molecule has 0 saturated carbocycles. The minimum Gasteiger partial charge on any atom is -0.493 e. The van der Waals surface area contributed by atoms with E-state index >= 15 is 0 Å². The predicted molar refractivity (Wildman–Crippen MR) is 249 cm³/mol. The molecule has 0 unspecified atom stereocenters. The summed E-state index contributed by atoms with van der Waals surface area (Å²) in [6, 6.07) is 64.2. The van der Waals surface area contributed by atoms with Gasteiger partial charge in [-0.15, -0.1) is 0 Å². The predicted octanol–water partition coefficient (Wildman–Crippen LogP) is 13.4. The zero-order chi connectivity index (χ0) is 42.6. The third kappa shape index (κ3) is 10.5. The molecule has 0 fully saturated rings. The second-order valence-corrected chi connectivity index (χ2v) is 15.7. The number of aryl methyl sites for hydroxylation is 4. The number of benzene rings is 8. The first-order chi connectivity index (χ1) is 31.1. The highest BCUT2D eigenvalue weighted by atomic mass is 16.5. The fourth-order valence-electron chi connectivity index (χ4n) is 7.91. The Morgan fingerprint density at radius 1 is 0.397 bits per heavy atom. The van der Waals surface area contributed by atoms with Crippen molar-refractivity contribution in [3.63, 3.8) is 0 Å². The van der Waals surface area contributed by atoms with Crippen molar-refractivity contribution in [2.75, 3.05) is 7.11 Å². The molecule has 6 nitrogen and oxygen atoms in total. The van der Waals surface area contributed by atoms with Crippen LogP contribution in [0, 0.1) is 0 Å². The van der Waals surface area contributed by atoms with Crippen LogP contribution in [0.25, 0.3) is 11.1 Å². The zero-order valence-corrected chi connectivity index (χ0v) is 35.5. The monoisotopic (exact) mass is 830 g/mol. The van der Waals surface area contributed by atoms with Gasteiger partial charge >= 0.3 is 0 Å². The number of hydrogen-bond acceptors (Lipinski definition) is 6. The van der Waals surface area contributed by atoms with E-state index in [0.717, 1.165) is 68.8 Å². The van der Waals surface area contributed by atoms with Crippen LogP contribution < -0.4 is 28.4 Å². The highest BCUT2D eigenvalue weighted by Crippen LogP contribution is 2.44. The van der Waals surface area contributed by atoms with Crippen molar-refractivity contribution >= 4 is 0 Å². The van der Waals surface area contributed by atoms with Crippen LogP contribution in [0.1, 0.15) is 44.5 Å². The zero-order valence-electron chi connectivity index (χ0n) is 35.5. The van der Waals surface area contributed by atoms with Crippen LogP contribution >= 0.6 is 0 Å². The van der Waals surface area contributed by atoms with Crippen LogP contribution in [0.4, 0.5) is 0 Å². The van der Waals surface area contributed by atoms with Crippen LogP contribution in [0.3, 0.4) is 0 Å². The summed E-state index contributed by atoms with van der Waals surface area (Å²) < 4.78 is 39.0. The topological polar surface area (TPSA) is 55.4 Å². The molecular formula is C57H50O6. The average Bonchev–Trinajstić information content (AvgIpc) is 3.34. The van der Waals surface area contributed by atoms with Gasteiger partial charge in [0.15, 0.2) is 23.0 Å². The molecule has 6 heteroatoms. The Kier molecular flexibility index (Phi) is 13.0. The smallest absolute Gasteiger partial charge is 0.204 e. The van der Waals surface area contributed by atoms with Crippen LogP contribution in [0.2, 0.25) is 0 Å². The lowest BCUT2D eigenvalue weighted by Crippen LogP contribution is -2.05. The van der Waals surface area contributed by atoms with E-state index in [0.29, 0.717) is 68.0 Å². The van der Waals surface area contributed by atoms with Crippen molar-refractivity contribution in [3.8, 4) is 51.4 Å². The highest BCUT2D eigenvalue weighted by molar-refractivity contribution is 5.75. The molecule has 0 amide bonds. The molecule has 63 heavy (non-hydrogen) atoms. The quantitative estimate of drug-likeness (QED) is 0.115. The van der Waals surface area contributed by atoms with Crippen molar-refractivity contribution in [1.82, 2.24) is 0 Å². The van der Waals surface area contributed by atoms with Crippen LogP contribution in [-0.4, -0.2) is 7.11 Å². The van der Waals surface area contributed by atoms with E-state index in [-0.39, 0.29) is 0 Å². The summed E-state index contributed by atoms with van der Waals surface area (Å²) >= 11 is 0. The van der Waals surface area contributed by atoms with Crippen molar-refractivity contribution < 1.29 is 28.4 Å². The van der Waals surface area contributed by atoms with Crippen LogP contribution in [0.5, 0.6) is 40.2 Å². The Morgan fingerprint density at radius 2 is 0.921 bits per heavy atom. The van der Waals surface area contributed by atoms with Gasteiger partial charge in [-0.25, -0.2) is 0 Å². The third-order valence-corrected chi connectivity index (χ3v) is 11.3. The van der Waals surface area contributed by atoms with E-state index in [2.05, 4.69) is 103 Å². The Morgan fingerprint density at radius 3 is 1.51 bits per heavy atom. The average molecular weight is 831 g/mol. The molecule has 2 heterocycles. The molecule has 0 aromatic heterocycles. The molecule has 0 atom stereocenters. The number of fused-ring (bicyclic) bond motifs is 4. The minimum absolute atomic E-state index is 0.359. The SMILES string of the molecule is COc1cc2c(cc1OCc1ccccc1)-c1ccc(OCc3ccccc3)cc1CCc1cc(OCc3ccccc3)c(OCc3ccccc3)c(c1)Oc1ccc(cc1)CC2. The number of methoxy groups -OCH3 is 1. The summed E-state index contributed by atoms with van der Waals surface area (Å²) in [5.74, 6) is 4.71. The summed E-state index contributed by atoms with van der Waals surface area (Å²) in [7, 11) is 1.71. The third-order valence-electron chi connectivity index (χ3n) is 11.3. The first-order valence-electron chi connectivity index (χ1n) is 21.6. The number of hydrogen-bond donors (Lipinski definition) is 0. The second-order valence-electron chi connectivity index (χ2n) is 15.7. The van der Waals surface area contributed by atoms with Gasteiger partial charge in [-0.05, 0) is 130 Å². The minimum atomic E-state index is 0.359. The van der Waals surface area contributed by atoms with Gasteiger partial charge in [0.1, 0.15) is 37.9 Å². The lowest BCUT2D eigenvalue weighted by molar-refractivity contribution is 0.247. The summed E-state index contributed by atoms with van der Waals surface area (Å²) in [5.41, 5.74) is 11.1. The Balaban J connectivity index is 1.14. The Labute approximate surface area is 370 Å². The summed E-state index contributed by atoms with van der Waals surface area (Å²) in [5, 5.41) is 0. The van der Waals surface area contributed by atoms with Crippen molar-refractivity contribution in [2.45, 2.75) is 52.1 Å². The summed E-state index contributed by atoms with van der Waals surface area (Å²) in [4.78, 5) is 0. The van der Waals surface area contributed by atoms with Crippen molar-refractivity contribution in [1.29, 1.82) is 0 Å². The first-order valence-corrected chi connectivity index (χ1v) is 21.6. The number of rotatable bonds is 13. The van der Waals surface area contributed by atoms with Gasteiger partial charge in [0.2, 0.25) is 5.75 Å². The van der Waals surface area contributed by atoms with Gasteiger partial charge in [0, 0.05) is 0 Å². The number of ether oxygens (including phenoxy) is 6. The largest absolute Gasteiger partial charge is 0.493 e. The normalized spacial score (nSPS) is 12.0. The molecule has 0 N–H and O–H groups in total. The molecule has 0 radical (unpaired) electrons. The van der Waals surface area contributed by atoms with E-state index in [4.69, 9.17) is 28.4 Å².